The number of nitro benzene ring substituents is 1. The van der Waals surface area contributed by atoms with Gasteiger partial charge in [-0.25, -0.2) is 9.29 Å². The molecule has 9 heteroatoms. The number of carbonyl (C=O) groups is 2. The van der Waals surface area contributed by atoms with Gasteiger partial charge in [0.15, 0.2) is 0 Å². The first-order valence-corrected chi connectivity index (χ1v) is 9.76. The fourth-order valence-electron chi connectivity index (χ4n) is 4.07. The van der Waals surface area contributed by atoms with Gasteiger partial charge in [0, 0.05) is 12.1 Å². The van der Waals surface area contributed by atoms with Crippen LogP contribution >= 0.6 is 0 Å². The molecule has 0 radical (unpaired) electrons. The van der Waals surface area contributed by atoms with Crippen LogP contribution in [0.4, 0.5) is 21.5 Å². The van der Waals surface area contributed by atoms with Gasteiger partial charge in [-0.2, -0.15) is 5.10 Å². The molecule has 3 aromatic carbocycles. The quantitative estimate of drug-likeness (QED) is 0.359. The average molecular weight is 430 g/mol. The first-order chi connectivity index (χ1) is 15.5. The van der Waals surface area contributed by atoms with Crippen LogP contribution in [0.5, 0.6) is 0 Å². The summed E-state index contributed by atoms with van der Waals surface area (Å²) in [5.41, 5.74) is 1.48. The van der Waals surface area contributed by atoms with E-state index in [0.717, 1.165) is 11.0 Å². The maximum absolute atomic E-state index is 13.8. The molecule has 0 bridgehead atoms. The number of fused-ring (bicyclic) bond motifs is 1. The number of anilines is 2. The van der Waals surface area contributed by atoms with Crippen molar-refractivity contribution in [3.8, 4) is 0 Å². The molecule has 5 rings (SSSR count). The third-order valence-corrected chi connectivity index (χ3v) is 5.51. The Balaban J connectivity index is 1.62. The molecule has 2 atom stereocenters. The summed E-state index contributed by atoms with van der Waals surface area (Å²) in [5, 5.41) is 17.1. The smallest absolute Gasteiger partial charge is 0.269 e. The van der Waals surface area contributed by atoms with Crippen LogP contribution in [0.1, 0.15) is 5.56 Å². The van der Waals surface area contributed by atoms with Crippen LogP contribution in [0.15, 0.2) is 84.0 Å². The van der Waals surface area contributed by atoms with Crippen molar-refractivity contribution in [2.45, 2.75) is 6.04 Å². The van der Waals surface area contributed by atoms with Crippen molar-refractivity contribution >= 4 is 34.6 Å². The lowest BCUT2D eigenvalue weighted by Crippen LogP contribution is -2.39. The lowest BCUT2D eigenvalue weighted by atomic mass is 9.92. The van der Waals surface area contributed by atoms with Gasteiger partial charge < -0.3 is 0 Å². The van der Waals surface area contributed by atoms with Crippen LogP contribution in [0.25, 0.3) is 0 Å². The van der Waals surface area contributed by atoms with Crippen molar-refractivity contribution in [2.24, 2.45) is 11.0 Å². The predicted molar refractivity (Wildman–Crippen MR) is 115 cm³/mol. The summed E-state index contributed by atoms with van der Waals surface area (Å²) in [6.45, 7) is 0. The fraction of sp³-hybridized carbons (Fsp3) is 0.0870. The summed E-state index contributed by atoms with van der Waals surface area (Å²) in [6.07, 6.45) is 0. The molecule has 2 aliphatic rings. The first kappa shape index (κ1) is 19.6. The van der Waals surface area contributed by atoms with Crippen molar-refractivity contribution in [1.82, 2.24) is 0 Å². The highest BCUT2D eigenvalue weighted by atomic mass is 19.1. The second kappa shape index (κ2) is 7.38. The largest absolute Gasteiger partial charge is 0.273 e. The number of halogens is 1. The number of nitro groups is 1. The third kappa shape index (κ3) is 3.02. The number of hydrogen-bond donors (Lipinski definition) is 0. The number of imide groups is 1. The van der Waals surface area contributed by atoms with E-state index in [1.165, 1.54) is 47.5 Å². The van der Waals surface area contributed by atoms with Gasteiger partial charge in [0.25, 0.3) is 11.6 Å². The Labute approximate surface area is 181 Å². The normalized spacial score (nSPS) is 19.8. The van der Waals surface area contributed by atoms with Gasteiger partial charge in [-0.3, -0.25) is 24.7 Å². The van der Waals surface area contributed by atoms with E-state index >= 15 is 0 Å². The monoisotopic (exact) mass is 430 g/mol. The molecule has 2 amide bonds. The molecule has 0 aliphatic carbocycles. The predicted octanol–water partition coefficient (Wildman–Crippen LogP) is 3.52. The van der Waals surface area contributed by atoms with Crippen LogP contribution in [0.3, 0.4) is 0 Å². The molecule has 2 aliphatic heterocycles. The number of amides is 2. The molecule has 2 heterocycles. The highest BCUT2D eigenvalue weighted by molar-refractivity contribution is 6.34. The lowest BCUT2D eigenvalue weighted by molar-refractivity contribution is -0.384. The van der Waals surface area contributed by atoms with Gasteiger partial charge >= 0.3 is 0 Å². The van der Waals surface area contributed by atoms with E-state index < -0.39 is 34.5 Å². The summed E-state index contributed by atoms with van der Waals surface area (Å²) in [7, 11) is 0. The van der Waals surface area contributed by atoms with Crippen molar-refractivity contribution in [3.05, 3.63) is 100 Å². The Hall–Kier alpha value is -4.40. The van der Waals surface area contributed by atoms with Crippen LogP contribution in [0.2, 0.25) is 0 Å². The standard InChI is InChI=1S/C23H15FN4O4/c24-15-5-4-8-18(13-15)26-22(29)19-20(14-9-11-17(12-10-14)28(31)32)25-27(21(19)23(26)30)16-6-2-1-3-7-16/h1-13,19,21H/t19-,21-/m0/s1. The maximum atomic E-state index is 13.8. The second-order valence-electron chi connectivity index (χ2n) is 7.38. The molecule has 1 fully saturated rings. The average Bonchev–Trinajstić information content (AvgIpc) is 3.31. The van der Waals surface area contributed by atoms with Crippen molar-refractivity contribution in [3.63, 3.8) is 0 Å². The van der Waals surface area contributed by atoms with Gasteiger partial charge in [0.1, 0.15) is 17.8 Å². The molecule has 0 aromatic heterocycles. The van der Waals surface area contributed by atoms with E-state index in [9.17, 15) is 24.1 Å². The highest BCUT2D eigenvalue weighted by Gasteiger charge is 2.57. The molecule has 158 valence electrons. The van der Waals surface area contributed by atoms with Crippen LogP contribution in [0, 0.1) is 21.8 Å². The van der Waals surface area contributed by atoms with Gasteiger partial charge in [0.05, 0.1) is 22.0 Å². The van der Waals surface area contributed by atoms with Gasteiger partial charge in [-0.15, -0.1) is 0 Å². The van der Waals surface area contributed by atoms with Crippen LogP contribution < -0.4 is 9.91 Å². The second-order valence-corrected chi connectivity index (χ2v) is 7.38. The molecule has 8 nitrogen and oxygen atoms in total. The number of nitrogens with zero attached hydrogens (tertiary/aromatic N) is 4. The first-order valence-electron chi connectivity index (χ1n) is 9.76. The highest BCUT2D eigenvalue weighted by Crippen LogP contribution is 2.39. The van der Waals surface area contributed by atoms with Crippen molar-refractivity contribution < 1.29 is 18.9 Å². The molecule has 0 unspecified atom stereocenters. The number of hydrazone groups is 1. The topological polar surface area (TPSA) is 96.1 Å². The van der Waals surface area contributed by atoms with E-state index in [1.807, 2.05) is 6.07 Å². The minimum absolute atomic E-state index is 0.0981. The Morgan fingerprint density at radius 2 is 1.56 bits per heavy atom. The van der Waals surface area contributed by atoms with Gasteiger partial charge in [0.2, 0.25) is 5.91 Å². The molecular formula is C23H15FN4O4. The summed E-state index contributed by atoms with van der Waals surface area (Å²) < 4.78 is 13.8. The van der Waals surface area contributed by atoms with E-state index in [2.05, 4.69) is 5.10 Å². The molecule has 1 saturated heterocycles. The van der Waals surface area contributed by atoms with Crippen molar-refractivity contribution in [2.75, 3.05) is 9.91 Å². The van der Waals surface area contributed by atoms with E-state index in [0.29, 0.717) is 17.0 Å². The van der Waals surface area contributed by atoms with Gasteiger partial charge in [-0.1, -0.05) is 24.3 Å². The summed E-state index contributed by atoms with van der Waals surface area (Å²) in [4.78, 5) is 38.3. The van der Waals surface area contributed by atoms with Crippen LogP contribution in [-0.2, 0) is 9.59 Å². The summed E-state index contributed by atoms with van der Waals surface area (Å²) >= 11 is 0. The Morgan fingerprint density at radius 1 is 0.875 bits per heavy atom. The zero-order chi connectivity index (χ0) is 22.4. The maximum Gasteiger partial charge on any atom is 0.269 e. The van der Waals surface area contributed by atoms with Gasteiger partial charge in [-0.05, 0) is 48.0 Å². The summed E-state index contributed by atoms with van der Waals surface area (Å²) in [6, 6.07) is 18.9. The molecule has 0 N–H and O–H groups in total. The molecule has 0 saturated carbocycles. The number of rotatable bonds is 4. The van der Waals surface area contributed by atoms with E-state index in [-0.39, 0.29) is 11.4 Å². The minimum atomic E-state index is -0.946. The van der Waals surface area contributed by atoms with Crippen LogP contribution in [-0.4, -0.2) is 28.5 Å². The Bertz CT molecular complexity index is 1280. The number of non-ortho nitro benzene ring substituents is 1. The molecular weight excluding hydrogens is 415 g/mol. The lowest BCUT2D eigenvalue weighted by Gasteiger charge is -2.22. The fourth-order valence-corrected chi connectivity index (χ4v) is 4.07. The minimum Gasteiger partial charge on any atom is -0.273 e. The van der Waals surface area contributed by atoms with E-state index in [1.54, 1.807) is 24.3 Å². The zero-order valence-corrected chi connectivity index (χ0v) is 16.5. The number of benzene rings is 3. The third-order valence-electron chi connectivity index (χ3n) is 5.51. The number of hydrogen-bond acceptors (Lipinski definition) is 6. The molecule has 0 spiro atoms. The number of carbonyl (C=O) groups excluding carboxylic acids is 2. The summed E-state index contributed by atoms with van der Waals surface area (Å²) in [5.74, 6) is -2.55. The Kier molecular flexibility index (Phi) is 4.51. The molecule has 3 aromatic rings. The molecule has 32 heavy (non-hydrogen) atoms. The Morgan fingerprint density at radius 3 is 2.22 bits per heavy atom. The van der Waals surface area contributed by atoms with E-state index in [4.69, 9.17) is 0 Å². The number of para-hydroxylation sites is 1. The SMILES string of the molecule is O=C1[C@H]2C(c3ccc([N+](=O)[O-])cc3)=NN(c3ccccc3)[C@@H]2C(=O)N1c1cccc(F)c1. The zero-order valence-electron chi connectivity index (χ0n) is 16.5. The van der Waals surface area contributed by atoms with Crippen molar-refractivity contribution in [1.29, 1.82) is 0 Å².